The van der Waals surface area contributed by atoms with Gasteiger partial charge in [0, 0.05) is 28.8 Å². The first-order valence-corrected chi connectivity index (χ1v) is 21.4. The lowest BCUT2D eigenvalue weighted by Crippen LogP contribution is -2.46. The van der Waals surface area contributed by atoms with E-state index in [1.807, 2.05) is 21.1 Å². The van der Waals surface area contributed by atoms with Gasteiger partial charge in [0.1, 0.15) is 47.1 Å². The number of nitrogens with zero attached hydrogens (tertiary/aromatic N) is 1. The number of quaternary nitrogens is 1. The molecule has 2 heterocycles. The van der Waals surface area contributed by atoms with Crippen LogP contribution in [0.2, 0.25) is 0 Å². The van der Waals surface area contributed by atoms with Gasteiger partial charge >= 0.3 is 31.7 Å². The average Bonchev–Trinajstić information content (AvgIpc) is 3.46. The monoisotopic (exact) mass is 914 g/mol. The minimum atomic E-state index is -4.41. The first-order chi connectivity index (χ1) is 28.0. The number of terminal acetylenes is 1. The van der Waals surface area contributed by atoms with Crippen molar-refractivity contribution < 1.29 is 71.0 Å². The number of aromatic hydroxyl groups is 1. The molecule has 2 aliphatic heterocycles. The highest BCUT2D eigenvalue weighted by Gasteiger charge is 2.54. The molecular weight excluding hydrogens is 865 g/mol. The van der Waals surface area contributed by atoms with Crippen molar-refractivity contribution in [1.29, 1.82) is 0 Å². The molecular formula is C43H50BrNO14P+. The smallest absolute Gasteiger partial charge is 0.472 e. The summed E-state index contributed by atoms with van der Waals surface area (Å²) in [5.41, 5.74) is -2.39. The maximum absolute atomic E-state index is 14.0. The number of rotatable bonds is 18. The van der Waals surface area contributed by atoms with Crippen LogP contribution in [0.5, 0.6) is 23.0 Å². The summed E-state index contributed by atoms with van der Waals surface area (Å²) in [6.07, 6.45) is 5.18. The van der Waals surface area contributed by atoms with Crippen LogP contribution < -0.4 is 9.47 Å². The van der Waals surface area contributed by atoms with Gasteiger partial charge in [-0.15, -0.1) is 6.42 Å². The Kier molecular flexibility index (Phi) is 13.7. The quantitative estimate of drug-likeness (QED) is 0.0198. The first kappa shape index (κ1) is 46.3. The Morgan fingerprint density at radius 3 is 2.17 bits per heavy atom. The molecule has 5 unspecified atom stereocenters. The zero-order chi connectivity index (χ0) is 44.3. The third kappa shape index (κ3) is 10.1. The van der Waals surface area contributed by atoms with Gasteiger partial charge in [-0.1, -0.05) is 47.0 Å². The van der Waals surface area contributed by atoms with Crippen LogP contribution in [0.25, 0.3) is 0 Å². The summed E-state index contributed by atoms with van der Waals surface area (Å²) in [6.45, 7) is 5.61. The van der Waals surface area contributed by atoms with Crippen LogP contribution in [-0.4, -0.2) is 96.8 Å². The third-order valence-corrected chi connectivity index (χ3v) is 12.1. The Balaban J connectivity index is 1.33. The number of hydrogen-bond donors (Lipinski definition) is 2. The van der Waals surface area contributed by atoms with E-state index in [-0.39, 0.29) is 62.1 Å². The molecule has 0 amide bonds. The maximum Gasteiger partial charge on any atom is 0.472 e. The molecule has 0 bridgehead atoms. The van der Waals surface area contributed by atoms with Gasteiger partial charge in [0.2, 0.25) is 0 Å². The Hall–Kier alpha value is -4.75. The van der Waals surface area contributed by atoms with Crippen molar-refractivity contribution >= 4 is 47.6 Å². The molecule has 17 heteroatoms. The van der Waals surface area contributed by atoms with E-state index in [0.29, 0.717) is 33.3 Å². The minimum Gasteiger partial charge on any atom is -0.508 e. The number of carbonyl (C=O) groups excluding carboxylic acids is 4. The van der Waals surface area contributed by atoms with Gasteiger partial charge in [0.25, 0.3) is 0 Å². The number of halogens is 1. The van der Waals surface area contributed by atoms with Crippen molar-refractivity contribution in [2.75, 3.05) is 54.1 Å². The molecule has 3 aromatic carbocycles. The fraction of sp³-hybridized carbons (Fsp3) is 0.442. The molecule has 0 aromatic heterocycles. The van der Waals surface area contributed by atoms with Crippen molar-refractivity contribution in [3.8, 4) is 35.3 Å². The van der Waals surface area contributed by atoms with Gasteiger partial charge in [-0.25, -0.2) is 9.36 Å². The van der Waals surface area contributed by atoms with Crippen molar-refractivity contribution in [3.05, 3.63) is 82.9 Å². The number of carbonyl (C=O) groups is 4. The molecule has 0 fully saturated rings. The predicted molar refractivity (Wildman–Crippen MR) is 220 cm³/mol. The molecule has 0 radical (unpaired) electrons. The van der Waals surface area contributed by atoms with E-state index in [1.54, 1.807) is 57.2 Å². The highest BCUT2D eigenvalue weighted by Crippen LogP contribution is 2.57. The molecule has 5 rings (SSSR count). The van der Waals surface area contributed by atoms with Crippen molar-refractivity contribution in [3.63, 3.8) is 0 Å². The van der Waals surface area contributed by atoms with E-state index >= 15 is 0 Å². The predicted octanol–water partition coefficient (Wildman–Crippen LogP) is 6.78. The number of benzene rings is 3. The van der Waals surface area contributed by atoms with Crippen molar-refractivity contribution in [2.24, 2.45) is 10.8 Å². The maximum atomic E-state index is 14.0. The Morgan fingerprint density at radius 1 is 0.867 bits per heavy atom. The number of esters is 4. The number of alkyl halides is 1. The highest BCUT2D eigenvalue weighted by molar-refractivity contribution is 9.10. The van der Waals surface area contributed by atoms with Gasteiger partial charge in [0.05, 0.1) is 44.1 Å². The van der Waals surface area contributed by atoms with Gasteiger partial charge in [0.15, 0.2) is 12.2 Å². The second-order valence-corrected chi connectivity index (χ2v) is 19.7. The molecule has 322 valence electrons. The summed E-state index contributed by atoms with van der Waals surface area (Å²) in [5, 5.41) is 10.3. The summed E-state index contributed by atoms with van der Waals surface area (Å²) in [6, 6.07) is 16.0. The molecule has 5 atom stereocenters. The summed E-state index contributed by atoms with van der Waals surface area (Å²) in [7, 11) is 1.28. The topological polar surface area (TPSA) is 190 Å². The number of hydrogen-bond acceptors (Lipinski definition) is 13. The third-order valence-electron chi connectivity index (χ3n) is 10.4. The lowest BCUT2D eigenvalue weighted by molar-refractivity contribution is -0.870. The van der Waals surface area contributed by atoms with E-state index in [1.165, 1.54) is 31.2 Å². The SMILES string of the molecule is C#CCOC(=O)C(C)(CC(C)(Br)C(=O)Oc1ccc2c(c1)Oc1cc(O)ccc1C21OC(=O)c2ccccc21)CC(C)(CC)C(=O)OCCOP(=O)(O)OCC[N+](C)(C)C. The van der Waals surface area contributed by atoms with Crippen LogP contribution in [0.4, 0.5) is 0 Å². The number of phosphoric acid groups is 1. The number of phenols is 1. The number of fused-ring (bicyclic) bond motifs is 6. The number of likely N-dealkylation sites (N-methyl/N-ethyl adjacent to an activating group) is 1. The van der Waals surface area contributed by atoms with Crippen molar-refractivity contribution in [1.82, 2.24) is 0 Å². The summed E-state index contributed by atoms with van der Waals surface area (Å²) in [4.78, 5) is 64.5. The van der Waals surface area contributed by atoms with Crippen LogP contribution >= 0.6 is 23.8 Å². The first-order valence-electron chi connectivity index (χ1n) is 19.1. The molecule has 15 nitrogen and oxygen atoms in total. The molecule has 0 aliphatic carbocycles. The largest absolute Gasteiger partial charge is 0.508 e. The second-order valence-electron chi connectivity index (χ2n) is 16.5. The standard InChI is InChI=1S/C43H49BrNO14P/c1-9-20-53-38(49)41(4,26-40(3,10-2)37(48)54-22-23-56-60(51,52)55-21-19-45(6,7)8)27-42(5,44)39(50)57-29-16-18-33-35(25-29)58-34-24-28(46)15-17-32(34)43(33)31-14-12-11-13-30(31)36(47)59-43/h1,11-18,24-25H,10,19-23,26-27H2,2-8H3,(H-,46,51,52)/p+1. The van der Waals surface area contributed by atoms with Crippen LogP contribution in [0, 0.1) is 23.2 Å². The zero-order valence-corrected chi connectivity index (χ0v) is 37.1. The summed E-state index contributed by atoms with van der Waals surface area (Å²) < 4.78 is 50.2. The molecule has 60 heavy (non-hydrogen) atoms. The number of ether oxygens (including phenoxy) is 5. The van der Waals surface area contributed by atoms with Crippen molar-refractivity contribution in [2.45, 2.75) is 56.9 Å². The van der Waals surface area contributed by atoms with E-state index in [9.17, 15) is 33.7 Å². The Morgan fingerprint density at radius 2 is 1.50 bits per heavy atom. The Labute approximate surface area is 357 Å². The van der Waals surface area contributed by atoms with E-state index in [0.717, 1.165) is 0 Å². The van der Waals surface area contributed by atoms with Crippen LogP contribution in [-0.2, 0) is 47.8 Å². The molecule has 3 aromatic rings. The molecule has 1 spiro atoms. The van der Waals surface area contributed by atoms with E-state index in [4.69, 9.17) is 39.2 Å². The fourth-order valence-electron chi connectivity index (χ4n) is 7.35. The summed E-state index contributed by atoms with van der Waals surface area (Å²) in [5.74, 6) is -0.216. The fourth-order valence-corrected chi connectivity index (χ4v) is 8.74. The van der Waals surface area contributed by atoms with E-state index in [2.05, 4.69) is 21.9 Å². The van der Waals surface area contributed by atoms with Gasteiger partial charge in [-0.2, -0.15) is 0 Å². The molecule has 0 saturated carbocycles. The van der Waals surface area contributed by atoms with Crippen LogP contribution in [0.3, 0.4) is 0 Å². The normalized spacial score (nSPS) is 19.3. The van der Waals surface area contributed by atoms with E-state index < -0.39 is 59.1 Å². The number of phosphoric ester groups is 1. The average molecular weight is 916 g/mol. The molecule has 2 aliphatic rings. The second kappa shape index (κ2) is 17.7. The lowest BCUT2D eigenvalue weighted by Gasteiger charge is -2.39. The minimum absolute atomic E-state index is 0.0308. The number of phenolic OH excluding ortho intramolecular Hbond substituents is 1. The Bertz CT molecular complexity index is 2250. The molecule has 0 saturated heterocycles. The van der Waals surface area contributed by atoms with Gasteiger partial charge in [-0.3, -0.25) is 23.4 Å². The van der Waals surface area contributed by atoms with Crippen LogP contribution in [0.15, 0.2) is 60.7 Å². The molecule has 2 N–H and O–H groups in total. The highest BCUT2D eigenvalue weighted by atomic mass is 79.9. The summed E-state index contributed by atoms with van der Waals surface area (Å²) >= 11 is 3.48. The zero-order valence-electron chi connectivity index (χ0n) is 34.6. The van der Waals surface area contributed by atoms with Gasteiger partial charge in [-0.05, 0) is 70.4 Å². The van der Waals surface area contributed by atoms with Gasteiger partial charge < -0.3 is 38.2 Å². The van der Waals surface area contributed by atoms with Crippen LogP contribution in [0.1, 0.15) is 74.0 Å². The lowest BCUT2D eigenvalue weighted by atomic mass is 9.68.